The lowest BCUT2D eigenvalue weighted by Crippen LogP contribution is -2.31. The molecule has 120 valence electrons. The first kappa shape index (κ1) is 17.0. The average molecular weight is 330 g/mol. The summed E-state index contributed by atoms with van der Waals surface area (Å²) in [5.41, 5.74) is 2.24. The number of carbonyl (C=O) groups excluding carboxylic acids is 1. The maximum absolute atomic E-state index is 12.0. The van der Waals surface area contributed by atoms with Crippen LogP contribution in [0.15, 0.2) is 41.0 Å². The number of hydrogen-bond acceptors (Lipinski definition) is 5. The van der Waals surface area contributed by atoms with Crippen LogP contribution in [0.1, 0.15) is 24.8 Å². The minimum absolute atomic E-state index is 0.0240. The molecule has 1 atom stereocenters. The summed E-state index contributed by atoms with van der Waals surface area (Å²) in [5, 5.41) is 22.6. The van der Waals surface area contributed by atoms with E-state index in [0.717, 1.165) is 11.1 Å². The second-order valence-corrected chi connectivity index (χ2v) is 6.32. The molecule has 6 heteroatoms. The van der Waals surface area contributed by atoms with Gasteiger partial charge in [-0.15, -0.1) is 11.8 Å². The lowest BCUT2D eigenvalue weighted by atomic mass is 9.87. The van der Waals surface area contributed by atoms with Crippen molar-refractivity contribution in [3.63, 3.8) is 0 Å². The second-order valence-electron chi connectivity index (χ2n) is 5.34. The Labute approximate surface area is 139 Å². The first-order valence-electron chi connectivity index (χ1n) is 7.04. The molecule has 1 aromatic rings. The molecule has 1 aromatic carbocycles. The van der Waals surface area contributed by atoms with Gasteiger partial charge in [-0.05, 0) is 24.6 Å². The third kappa shape index (κ3) is 3.88. The van der Waals surface area contributed by atoms with E-state index >= 15 is 0 Å². The predicted molar refractivity (Wildman–Crippen MR) is 90.1 cm³/mol. The molecule has 1 aliphatic heterocycles. The fraction of sp³-hybridized carbons (Fsp3) is 0.294. The smallest absolute Gasteiger partial charge is 0.225 e. The van der Waals surface area contributed by atoms with Crippen LogP contribution in [0.3, 0.4) is 0 Å². The summed E-state index contributed by atoms with van der Waals surface area (Å²) in [6, 6.07) is 7.09. The van der Waals surface area contributed by atoms with Crippen LogP contribution in [0.4, 0.5) is 0 Å². The van der Waals surface area contributed by atoms with Crippen LogP contribution in [0.5, 0.6) is 11.5 Å². The number of hydrogen-bond donors (Lipinski definition) is 2. The molecular formula is C17H18N2O3S. The fourth-order valence-corrected chi connectivity index (χ4v) is 3.24. The minimum atomic E-state index is -0.351. The van der Waals surface area contributed by atoms with E-state index in [-0.39, 0.29) is 24.0 Å². The van der Waals surface area contributed by atoms with Crippen molar-refractivity contribution in [2.45, 2.75) is 19.3 Å². The van der Waals surface area contributed by atoms with Crippen LogP contribution >= 0.6 is 11.8 Å². The maximum atomic E-state index is 12.0. The molecule has 5 nitrogen and oxygen atoms in total. The highest BCUT2D eigenvalue weighted by atomic mass is 32.2. The number of amides is 1. The van der Waals surface area contributed by atoms with Gasteiger partial charge in [0.15, 0.2) is 11.5 Å². The Kier molecular flexibility index (Phi) is 5.35. The molecule has 0 bridgehead atoms. The largest absolute Gasteiger partial charge is 0.504 e. The van der Waals surface area contributed by atoms with E-state index < -0.39 is 0 Å². The number of aromatic hydroxyl groups is 1. The number of rotatable bonds is 5. The summed E-state index contributed by atoms with van der Waals surface area (Å²) < 4.78 is 5.11. The number of ether oxygens (including phenoxy) is 1. The number of nitriles is 1. The van der Waals surface area contributed by atoms with Crippen molar-refractivity contribution in [2.75, 3.05) is 12.9 Å². The van der Waals surface area contributed by atoms with Gasteiger partial charge < -0.3 is 15.2 Å². The first-order chi connectivity index (χ1) is 11.0. The quantitative estimate of drug-likeness (QED) is 0.811. The molecule has 1 amide bonds. The average Bonchev–Trinajstić information content (AvgIpc) is 2.52. The van der Waals surface area contributed by atoms with Crippen LogP contribution in [-0.2, 0) is 4.79 Å². The Morgan fingerprint density at radius 2 is 2.35 bits per heavy atom. The van der Waals surface area contributed by atoms with E-state index in [1.807, 2.05) is 6.92 Å². The van der Waals surface area contributed by atoms with Gasteiger partial charge in [-0.1, -0.05) is 18.2 Å². The lowest BCUT2D eigenvalue weighted by Gasteiger charge is -2.25. The summed E-state index contributed by atoms with van der Waals surface area (Å²) in [6.45, 7) is 5.73. The van der Waals surface area contributed by atoms with Crippen molar-refractivity contribution in [1.29, 1.82) is 5.26 Å². The Balaban J connectivity index is 2.43. The van der Waals surface area contributed by atoms with E-state index in [9.17, 15) is 15.2 Å². The zero-order chi connectivity index (χ0) is 17.0. The van der Waals surface area contributed by atoms with E-state index in [1.165, 1.54) is 24.9 Å². The van der Waals surface area contributed by atoms with Crippen LogP contribution in [0.2, 0.25) is 0 Å². The van der Waals surface area contributed by atoms with E-state index in [1.54, 1.807) is 12.1 Å². The third-order valence-corrected chi connectivity index (χ3v) is 4.67. The van der Waals surface area contributed by atoms with Gasteiger partial charge in [0.05, 0.1) is 23.8 Å². The number of phenols is 1. The van der Waals surface area contributed by atoms with Gasteiger partial charge >= 0.3 is 0 Å². The molecule has 0 aliphatic carbocycles. The molecule has 1 aliphatic rings. The van der Waals surface area contributed by atoms with Gasteiger partial charge in [-0.2, -0.15) is 5.26 Å². The van der Waals surface area contributed by atoms with Gasteiger partial charge in [0.25, 0.3) is 0 Å². The van der Waals surface area contributed by atoms with Crippen LogP contribution in [-0.4, -0.2) is 23.9 Å². The summed E-state index contributed by atoms with van der Waals surface area (Å²) in [4.78, 5) is 12.0. The summed E-state index contributed by atoms with van der Waals surface area (Å²) in [6.07, 6.45) is 0.188. The fourth-order valence-electron chi connectivity index (χ4n) is 2.32. The van der Waals surface area contributed by atoms with Crippen molar-refractivity contribution in [3.8, 4) is 17.6 Å². The highest BCUT2D eigenvalue weighted by Crippen LogP contribution is 2.39. The topological polar surface area (TPSA) is 82.3 Å². The van der Waals surface area contributed by atoms with Crippen molar-refractivity contribution >= 4 is 17.7 Å². The molecule has 0 saturated carbocycles. The first-order valence-corrected chi connectivity index (χ1v) is 8.03. The van der Waals surface area contributed by atoms with Crippen LogP contribution in [0, 0.1) is 11.3 Å². The monoisotopic (exact) mass is 330 g/mol. The van der Waals surface area contributed by atoms with Gasteiger partial charge in [0.1, 0.15) is 0 Å². The molecule has 0 spiro atoms. The van der Waals surface area contributed by atoms with Crippen molar-refractivity contribution in [2.24, 2.45) is 0 Å². The molecule has 1 heterocycles. The zero-order valence-electron chi connectivity index (χ0n) is 13.0. The Morgan fingerprint density at radius 1 is 1.61 bits per heavy atom. The van der Waals surface area contributed by atoms with Crippen molar-refractivity contribution in [1.82, 2.24) is 5.32 Å². The van der Waals surface area contributed by atoms with Gasteiger partial charge in [0.2, 0.25) is 5.91 Å². The van der Waals surface area contributed by atoms with Gasteiger partial charge in [0, 0.05) is 18.1 Å². The SMILES string of the molecule is C=C(C)CSC1=C(C#N)[C@H](c2ccc(O)c(OC)c2)CC(=O)N1. The maximum Gasteiger partial charge on any atom is 0.225 e. The number of methoxy groups -OCH3 is 1. The molecule has 0 saturated heterocycles. The summed E-state index contributed by atoms with van der Waals surface area (Å²) in [7, 11) is 1.46. The normalized spacial score (nSPS) is 17.4. The molecule has 23 heavy (non-hydrogen) atoms. The number of allylic oxidation sites excluding steroid dienone is 1. The number of carbonyl (C=O) groups is 1. The number of benzene rings is 1. The van der Waals surface area contributed by atoms with Gasteiger partial charge in [-0.3, -0.25) is 4.79 Å². The molecule has 0 aromatic heterocycles. The van der Waals surface area contributed by atoms with Crippen molar-refractivity contribution < 1.29 is 14.6 Å². The predicted octanol–water partition coefficient (Wildman–Crippen LogP) is 3.05. The molecule has 0 fully saturated rings. The summed E-state index contributed by atoms with van der Waals surface area (Å²) in [5.74, 6) is 0.491. The third-order valence-electron chi connectivity index (χ3n) is 3.43. The zero-order valence-corrected chi connectivity index (χ0v) is 13.9. The number of phenolic OH excluding ortho intramolecular Hbond substituents is 1. The summed E-state index contributed by atoms with van der Waals surface area (Å²) >= 11 is 1.40. The Morgan fingerprint density at radius 3 is 2.96 bits per heavy atom. The Hall–Kier alpha value is -2.39. The Bertz CT molecular complexity index is 719. The van der Waals surface area contributed by atoms with Crippen LogP contribution < -0.4 is 10.1 Å². The number of thioether (sulfide) groups is 1. The van der Waals surface area contributed by atoms with Gasteiger partial charge in [-0.25, -0.2) is 0 Å². The molecule has 0 unspecified atom stereocenters. The highest BCUT2D eigenvalue weighted by molar-refractivity contribution is 8.03. The second kappa shape index (κ2) is 7.25. The standard InChI is InChI=1S/C17H18N2O3S/c1-10(2)9-23-17-13(8-18)12(7-16(21)19-17)11-4-5-14(20)15(6-11)22-3/h4-6,12,20H,1,7,9H2,2-3H3,(H,19,21)/t12-/m0/s1. The molecule has 2 rings (SSSR count). The molecule has 0 radical (unpaired) electrons. The minimum Gasteiger partial charge on any atom is -0.504 e. The van der Waals surface area contributed by atoms with Crippen LogP contribution in [0.25, 0.3) is 0 Å². The van der Waals surface area contributed by atoms with E-state index in [2.05, 4.69) is 18.0 Å². The molecule has 2 N–H and O–H groups in total. The lowest BCUT2D eigenvalue weighted by molar-refractivity contribution is -0.120. The highest BCUT2D eigenvalue weighted by Gasteiger charge is 2.30. The van der Waals surface area contributed by atoms with E-state index in [4.69, 9.17) is 4.74 Å². The van der Waals surface area contributed by atoms with Crippen molar-refractivity contribution in [3.05, 3.63) is 46.5 Å². The number of nitrogens with one attached hydrogen (secondary N) is 1. The number of nitrogens with zero attached hydrogens (tertiary/aromatic N) is 1. The van der Waals surface area contributed by atoms with E-state index in [0.29, 0.717) is 22.1 Å². The molecular weight excluding hydrogens is 312 g/mol.